The SMILES string of the molecule is CCOCC(C)NS(=O)(=O)c1ccccc1C#CCN. The van der Waals surface area contributed by atoms with Crippen LogP contribution < -0.4 is 10.5 Å². The molecule has 1 rings (SSSR count). The molecule has 0 aliphatic heterocycles. The molecule has 0 radical (unpaired) electrons. The van der Waals surface area contributed by atoms with E-state index in [9.17, 15) is 8.42 Å². The zero-order valence-electron chi connectivity index (χ0n) is 11.7. The summed E-state index contributed by atoms with van der Waals surface area (Å²) < 4.78 is 32.4. The lowest BCUT2D eigenvalue weighted by molar-refractivity contribution is 0.133. The number of hydrogen-bond donors (Lipinski definition) is 2. The molecule has 0 bridgehead atoms. The first kappa shape index (κ1) is 16.7. The summed E-state index contributed by atoms with van der Waals surface area (Å²) in [7, 11) is -3.62. The molecule has 3 N–H and O–H groups in total. The number of rotatable bonds is 6. The Morgan fingerprint density at radius 3 is 2.75 bits per heavy atom. The van der Waals surface area contributed by atoms with Crippen LogP contribution >= 0.6 is 0 Å². The van der Waals surface area contributed by atoms with Crippen molar-refractivity contribution in [1.82, 2.24) is 4.72 Å². The standard InChI is InChI=1S/C14H20N2O3S/c1-3-19-11-12(2)16-20(17,18)14-9-5-4-7-13(14)8-6-10-15/h4-5,7,9,12,16H,3,10-11,15H2,1-2H3. The Morgan fingerprint density at radius 2 is 2.10 bits per heavy atom. The highest BCUT2D eigenvalue weighted by Crippen LogP contribution is 2.14. The second kappa shape index (κ2) is 8.02. The van der Waals surface area contributed by atoms with E-state index in [0.717, 1.165) is 0 Å². The van der Waals surface area contributed by atoms with Gasteiger partial charge in [-0.05, 0) is 26.0 Å². The van der Waals surface area contributed by atoms with Gasteiger partial charge in [-0.25, -0.2) is 13.1 Å². The molecular weight excluding hydrogens is 276 g/mol. The number of ether oxygens (including phenoxy) is 1. The highest BCUT2D eigenvalue weighted by molar-refractivity contribution is 7.89. The van der Waals surface area contributed by atoms with Crippen molar-refractivity contribution in [3.63, 3.8) is 0 Å². The first-order valence-corrected chi connectivity index (χ1v) is 7.87. The smallest absolute Gasteiger partial charge is 0.242 e. The molecule has 0 saturated heterocycles. The van der Waals surface area contributed by atoms with Crippen molar-refractivity contribution in [2.75, 3.05) is 19.8 Å². The van der Waals surface area contributed by atoms with Gasteiger partial charge >= 0.3 is 0 Å². The van der Waals surface area contributed by atoms with Crippen LogP contribution in [0.15, 0.2) is 29.2 Å². The molecule has 0 aromatic heterocycles. The fourth-order valence-electron chi connectivity index (χ4n) is 1.61. The van der Waals surface area contributed by atoms with Gasteiger partial charge in [-0.2, -0.15) is 0 Å². The molecule has 1 aromatic carbocycles. The van der Waals surface area contributed by atoms with E-state index in [4.69, 9.17) is 10.5 Å². The molecule has 0 saturated carbocycles. The Bertz CT molecular complexity index is 588. The molecule has 0 amide bonds. The van der Waals surface area contributed by atoms with Crippen LogP contribution in [-0.4, -0.2) is 34.2 Å². The van der Waals surface area contributed by atoms with E-state index in [-0.39, 0.29) is 17.5 Å². The molecular formula is C14H20N2O3S. The third kappa shape index (κ3) is 4.94. The van der Waals surface area contributed by atoms with Gasteiger partial charge in [0.15, 0.2) is 0 Å². The first-order valence-electron chi connectivity index (χ1n) is 6.39. The number of hydrogen-bond acceptors (Lipinski definition) is 4. The number of sulfonamides is 1. The minimum Gasteiger partial charge on any atom is -0.380 e. The number of nitrogens with one attached hydrogen (secondary N) is 1. The van der Waals surface area contributed by atoms with E-state index in [1.165, 1.54) is 6.07 Å². The summed E-state index contributed by atoms with van der Waals surface area (Å²) in [6.45, 7) is 4.67. The van der Waals surface area contributed by atoms with Crippen molar-refractivity contribution in [2.24, 2.45) is 5.73 Å². The fourth-order valence-corrected chi connectivity index (χ4v) is 3.00. The zero-order valence-corrected chi connectivity index (χ0v) is 12.5. The first-order chi connectivity index (χ1) is 9.51. The van der Waals surface area contributed by atoms with Gasteiger partial charge in [0.25, 0.3) is 0 Å². The third-order valence-corrected chi connectivity index (χ3v) is 4.08. The lowest BCUT2D eigenvalue weighted by Crippen LogP contribution is -2.36. The van der Waals surface area contributed by atoms with Gasteiger partial charge in [0, 0.05) is 18.2 Å². The van der Waals surface area contributed by atoms with Crippen molar-refractivity contribution < 1.29 is 13.2 Å². The average molecular weight is 296 g/mol. The van der Waals surface area contributed by atoms with E-state index in [0.29, 0.717) is 18.8 Å². The van der Waals surface area contributed by atoms with Crippen molar-refractivity contribution in [1.29, 1.82) is 0 Å². The maximum Gasteiger partial charge on any atom is 0.242 e. The highest BCUT2D eigenvalue weighted by Gasteiger charge is 2.19. The van der Waals surface area contributed by atoms with E-state index in [1.807, 2.05) is 6.92 Å². The van der Waals surface area contributed by atoms with Crippen LogP contribution in [-0.2, 0) is 14.8 Å². The predicted octanol–water partition coefficient (Wildman–Crippen LogP) is 0.700. The van der Waals surface area contributed by atoms with E-state index in [1.54, 1.807) is 25.1 Å². The maximum absolute atomic E-state index is 12.3. The van der Waals surface area contributed by atoms with E-state index < -0.39 is 10.0 Å². The average Bonchev–Trinajstić information content (AvgIpc) is 2.42. The van der Waals surface area contributed by atoms with Crippen molar-refractivity contribution in [3.8, 4) is 11.8 Å². The molecule has 20 heavy (non-hydrogen) atoms. The molecule has 1 aromatic rings. The molecule has 0 aliphatic carbocycles. The Kier molecular flexibility index (Phi) is 6.68. The lowest BCUT2D eigenvalue weighted by atomic mass is 10.2. The summed E-state index contributed by atoms with van der Waals surface area (Å²) in [6.07, 6.45) is 0. The quantitative estimate of drug-likeness (QED) is 0.757. The van der Waals surface area contributed by atoms with Gasteiger partial charge in [-0.1, -0.05) is 24.0 Å². The molecule has 1 atom stereocenters. The van der Waals surface area contributed by atoms with Crippen LogP contribution in [0.4, 0.5) is 0 Å². The Hall–Kier alpha value is -1.39. The lowest BCUT2D eigenvalue weighted by Gasteiger charge is -2.14. The Morgan fingerprint density at radius 1 is 1.40 bits per heavy atom. The van der Waals surface area contributed by atoms with Crippen LogP contribution in [0.2, 0.25) is 0 Å². The van der Waals surface area contributed by atoms with Gasteiger partial charge < -0.3 is 10.5 Å². The summed E-state index contributed by atoms with van der Waals surface area (Å²) in [6, 6.07) is 6.27. The molecule has 5 nitrogen and oxygen atoms in total. The summed E-state index contributed by atoms with van der Waals surface area (Å²) in [5.74, 6) is 5.44. The molecule has 0 aliphatic rings. The molecule has 0 fully saturated rings. The number of benzene rings is 1. The second-order valence-electron chi connectivity index (χ2n) is 4.18. The summed E-state index contributed by atoms with van der Waals surface area (Å²) >= 11 is 0. The molecule has 1 unspecified atom stereocenters. The van der Waals surface area contributed by atoms with Gasteiger partial charge in [-0.15, -0.1) is 0 Å². The third-order valence-electron chi connectivity index (χ3n) is 2.43. The monoisotopic (exact) mass is 296 g/mol. The second-order valence-corrected chi connectivity index (χ2v) is 5.87. The van der Waals surface area contributed by atoms with Crippen molar-refractivity contribution >= 4 is 10.0 Å². The van der Waals surface area contributed by atoms with Crippen LogP contribution in [0.5, 0.6) is 0 Å². The molecule has 6 heteroatoms. The topological polar surface area (TPSA) is 81.4 Å². The van der Waals surface area contributed by atoms with Crippen LogP contribution in [0.25, 0.3) is 0 Å². The summed E-state index contributed by atoms with van der Waals surface area (Å²) in [5.41, 5.74) is 5.75. The number of nitrogens with two attached hydrogens (primary N) is 1. The summed E-state index contributed by atoms with van der Waals surface area (Å²) in [5, 5.41) is 0. The van der Waals surface area contributed by atoms with E-state index >= 15 is 0 Å². The Balaban J connectivity index is 2.98. The maximum atomic E-state index is 12.3. The molecule has 0 heterocycles. The largest absolute Gasteiger partial charge is 0.380 e. The van der Waals surface area contributed by atoms with Gasteiger partial charge in [0.05, 0.1) is 18.0 Å². The minimum atomic E-state index is -3.62. The minimum absolute atomic E-state index is 0.157. The Labute approximate surface area is 120 Å². The molecule has 0 spiro atoms. The van der Waals surface area contributed by atoms with Gasteiger partial charge in [-0.3, -0.25) is 0 Å². The zero-order chi connectivity index (χ0) is 15.0. The van der Waals surface area contributed by atoms with Gasteiger partial charge in [0.1, 0.15) is 0 Å². The normalized spacial score (nSPS) is 12.6. The van der Waals surface area contributed by atoms with Crippen LogP contribution in [0.3, 0.4) is 0 Å². The van der Waals surface area contributed by atoms with Crippen molar-refractivity contribution in [2.45, 2.75) is 24.8 Å². The van der Waals surface area contributed by atoms with Crippen molar-refractivity contribution in [3.05, 3.63) is 29.8 Å². The summed E-state index contributed by atoms with van der Waals surface area (Å²) in [4.78, 5) is 0.157. The molecule has 110 valence electrons. The fraction of sp³-hybridized carbons (Fsp3) is 0.429. The van der Waals surface area contributed by atoms with Gasteiger partial charge in [0.2, 0.25) is 10.0 Å². The predicted molar refractivity (Wildman–Crippen MR) is 78.7 cm³/mol. The van der Waals surface area contributed by atoms with Crippen LogP contribution in [0.1, 0.15) is 19.4 Å². The van der Waals surface area contributed by atoms with E-state index in [2.05, 4.69) is 16.6 Å². The highest BCUT2D eigenvalue weighted by atomic mass is 32.2. The van der Waals surface area contributed by atoms with Crippen LogP contribution in [0, 0.1) is 11.8 Å².